The molecule has 0 unspecified atom stereocenters. The average Bonchev–Trinajstić information content (AvgIpc) is 3.27. The van der Waals surface area contributed by atoms with Gasteiger partial charge in [-0.15, -0.1) is 24.0 Å². The molecular weight excluding hydrogens is 521 g/mol. The van der Waals surface area contributed by atoms with Crippen LogP contribution in [0.1, 0.15) is 21.7 Å². The first-order chi connectivity index (χ1) is 15.0. The first-order valence-corrected chi connectivity index (χ1v) is 9.82. The van der Waals surface area contributed by atoms with Gasteiger partial charge < -0.3 is 24.7 Å². The van der Waals surface area contributed by atoms with Gasteiger partial charge in [-0.1, -0.05) is 36.4 Å². The van der Waals surface area contributed by atoms with E-state index in [1.165, 1.54) is 14.2 Å². The highest BCUT2D eigenvalue weighted by Crippen LogP contribution is 2.21. The Morgan fingerprint density at radius 1 is 1.19 bits per heavy atom. The van der Waals surface area contributed by atoms with Gasteiger partial charge in [0.1, 0.15) is 17.1 Å². The molecule has 0 aliphatic rings. The van der Waals surface area contributed by atoms with E-state index in [0.29, 0.717) is 30.4 Å². The number of hydrogen-bond acceptors (Lipinski definition) is 5. The second-order valence-electron chi connectivity index (χ2n) is 6.89. The van der Waals surface area contributed by atoms with E-state index in [-0.39, 0.29) is 24.0 Å². The lowest BCUT2D eigenvalue weighted by Crippen LogP contribution is -2.38. The van der Waals surface area contributed by atoms with Crippen molar-refractivity contribution < 1.29 is 14.3 Å². The monoisotopic (exact) mass is 549 g/mol. The van der Waals surface area contributed by atoms with Crippen LogP contribution in [-0.2, 0) is 17.8 Å². The van der Waals surface area contributed by atoms with Crippen molar-refractivity contribution in [1.29, 1.82) is 0 Å². The maximum absolute atomic E-state index is 12.0. The Morgan fingerprint density at radius 3 is 2.59 bits per heavy atom. The van der Waals surface area contributed by atoms with Crippen LogP contribution in [-0.4, -0.2) is 55.1 Å². The number of hydrogen-bond donors (Lipinski definition) is 2. The number of aromatic amines is 1. The number of carbonyl (C=O) groups excluding carboxylic acids is 1. The second-order valence-corrected chi connectivity index (χ2v) is 6.89. The number of ether oxygens (including phenoxy) is 2. The van der Waals surface area contributed by atoms with Crippen LogP contribution >= 0.6 is 24.0 Å². The average molecular weight is 549 g/mol. The van der Waals surface area contributed by atoms with Crippen LogP contribution in [0.25, 0.3) is 11.3 Å². The summed E-state index contributed by atoms with van der Waals surface area (Å²) in [4.78, 5) is 26.1. The molecule has 32 heavy (non-hydrogen) atoms. The minimum atomic E-state index is -0.438. The number of methoxy groups -OCH3 is 2. The molecule has 3 aromatic rings. The van der Waals surface area contributed by atoms with Crippen molar-refractivity contribution in [3.05, 3.63) is 71.7 Å². The van der Waals surface area contributed by atoms with Crippen molar-refractivity contribution in [3.8, 4) is 17.0 Å². The SMILES string of the molecule is CN=C(NCc1ccc(OC)c(C(=O)OC)c1)N(C)Cc1ncc(-c2ccccc2)[nH]1.I. The van der Waals surface area contributed by atoms with Crippen LogP contribution in [0, 0.1) is 0 Å². The number of nitrogens with one attached hydrogen (secondary N) is 2. The third kappa shape index (κ3) is 6.22. The third-order valence-corrected chi connectivity index (χ3v) is 4.79. The molecule has 9 heteroatoms. The molecule has 8 nitrogen and oxygen atoms in total. The number of carbonyl (C=O) groups is 1. The Bertz CT molecular complexity index is 1050. The van der Waals surface area contributed by atoms with Gasteiger partial charge in [0.15, 0.2) is 5.96 Å². The molecule has 0 bridgehead atoms. The first kappa shape index (κ1) is 25.2. The fraction of sp³-hybridized carbons (Fsp3) is 0.261. The Hall–Kier alpha value is -3.08. The standard InChI is InChI=1S/C23H27N5O3.HI/c1-24-23(26-13-16-10-11-20(30-3)18(12-16)22(29)31-4)28(2)15-21-25-14-19(27-21)17-8-6-5-7-9-17;/h5-12,14H,13,15H2,1-4H3,(H,24,26)(H,25,27);1H. The fourth-order valence-electron chi connectivity index (χ4n) is 3.21. The van der Waals surface area contributed by atoms with E-state index in [1.807, 2.05) is 54.5 Å². The highest BCUT2D eigenvalue weighted by Gasteiger charge is 2.14. The second kappa shape index (κ2) is 12.1. The summed E-state index contributed by atoms with van der Waals surface area (Å²) in [6, 6.07) is 15.5. The Kier molecular flexibility index (Phi) is 9.51. The largest absolute Gasteiger partial charge is 0.496 e. The normalized spacial score (nSPS) is 10.8. The number of benzene rings is 2. The smallest absolute Gasteiger partial charge is 0.341 e. The van der Waals surface area contributed by atoms with Crippen LogP contribution < -0.4 is 10.1 Å². The lowest BCUT2D eigenvalue weighted by molar-refractivity contribution is 0.0597. The van der Waals surface area contributed by atoms with E-state index >= 15 is 0 Å². The lowest BCUT2D eigenvalue weighted by atomic mass is 10.1. The van der Waals surface area contributed by atoms with Gasteiger partial charge in [-0.3, -0.25) is 4.99 Å². The van der Waals surface area contributed by atoms with Gasteiger partial charge >= 0.3 is 5.97 Å². The van der Waals surface area contributed by atoms with E-state index in [9.17, 15) is 4.79 Å². The van der Waals surface area contributed by atoms with Crippen molar-refractivity contribution in [2.24, 2.45) is 4.99 Å². The van der Waals surface area contributed by atoms with Crippen LogP contribution in [0.3, 0.4) is 0 Å². The molecule has 2 N–H and O–H groups in total. The third-order valence-electron chi connectivity index (χ3n) is 4.79. The van der Waals surface area contributed by atoms with Gasteiger partial charge in [0.2, 0.25) is 0 Å². The summed E-state index contributed by atoms with van der Waals surface area (Å²) >= 11 is 0. The molecule has 2 aromatic carbocycles. The zero-order chi connectivity index (χ0) is 22.2. The molecule has 0 saturated carbocycles. The Balaban J connectivity index is 0.00000363. The summed E-state index contributed by atoms with van der Waals surface area (Å²) in [5.74, 6) is 1.58. The number of imidazole rings is 1. The summed E-state index contributed by atoms with van der Waals surface area (Å²) in [6.07, 6.45) is 1.83. The van der Waals surface area contributed by atoms with Crippen LogP contribution in [0.4, 0.5) is 0 Å². The van der Waals surface area contributed by atoms with Crippen molar-refractivity contribution in [3.63, 3.8) is 0 Å². The predicted octanol–water partition coefficient (Wildman–Crippen LogP) is 3.70. The maximum atomic E-state index is 12.0. The van der Waals surface area contributed by atoms with E-state index in [2.05, 4.69) is 20.3 Å². The number of halogens is 1. The number of esters is 1. The Labute approximate surface area is 205 Å². The molecular formula is C23H28IN5O3. The molecule has 0 spiro atoms. The van der Waals surface area contributed by atoms with Gasteiger partial charge in [0, 0.05) is 20.6 Å². The molecule has 0 aliphatic carbocycles. The number of aliphatic imine (C=N–C) groups is 1. The molecule has 1 heterocycles. The highest BCUT2D eigenvalue weighted by molar-refractivity contribution is 14.0. The zero-order valence-electron chi connectivity index (χ0n) is 18.6. The minimum Gasteiger partial charge on any atom is -0.496 e. The summed E-state index contributed by atoms with van der Waals surface area (Å²) in [5.41, 5.74) is 3.35. The number of aromatic nitrogens is 2. The number of rotatable bonds is 7. The summed E-state index contributed by atoms with van der Waals surface area (Å²) in [6.45, 7) is 1.04. The lowest BCUT2D eigenvalue weighted by Gasteiger charge is -2.21. The summed E-state index contributed by atoms with van der Waals surface area (Å²) in [5, 5.41) is 3.31. The molecule has 0 saturated heterocycles. The van der Waals surface area contributed by atoms with Crippen molar-refractivity contribution in [2.75, 3.05) is 28.3 Å². The van der Waals surface area contributed by atoms with Gasteiger partial charge in [0.05, 0.1) is 32.7 Å². The van der Waals surface area contributed by atoms with Crippen LogP contribution in [0.2, 0.25) is 0 Å². The van der Waals surface area contributed by atoms with Gasteiger partial charge in [-0.2, -0.15) is 0 Å². The van der Waals surface area contributed by atoms with Gasteiger partial charge in [0.25, 0.3) is 0 Å². The Morgan fingerprint density at radius 2 is 1.94 bits per heavy atom. The molecule has 1 aromatic heterocycles. The van der Waals surface area contributed by atoms with E-state index in [4.69, 9.17) is 9.47 Å². The number of guanidine groups is 1. The summed E-state index contributed by atoms with van der Waals surface area (Å²) in [7, 11) is 6.54. The molecule has 0 fully saturated rings. The predicted molar refractivity (Wildman–Crippen MR) is 135 cm³/mol. The fourth-order valence-corrected chi connectivity index (χ4v) is 3.21. The molecule has 0 atom stereocenters. The number of nitrogens with zero attached hydrogens (tertiary/aromatic N) is 3. The quantitative estimate of drug-likeness (QED) is 0.202. The molecule has 0 amide bonds. The van der Waals surface area contributed by atoms with Crippen molar-refractivity contribution >= 4 is 35.9 Å². The summed E-state index contributed by atoms with van der Waals surface area (Å²) < 4.78 is 10.1. The highest BCUT2D eigenvalue weighted by atomic mass is 127. The van der Waals surface area contributed by atoms with E-state index < -0.39 is 5.97 Å². The van der Waals surface area contributed by atoms with Crippen molar-refractivity contribution in [2.45, 2.75) is 13.1 Å². The molecule has 0 aliphatic heterocycles. The maximum Gasteiger partial charge on any atom is 0.341 e. The topological polar surface area (TPSA) is 91.8 Å². The van der Waals surface area contributed by atoms with E-state index in [1.54, 1.807) is 19.2 Å². The first-order valence-electron chi connectivity index (χ1n) is 9.82. The van der Waals surface area contributed by atoms with Crippen molar-refractivity contribution in [1.82, 2.24) is 20.2 Å². The van der Waals surface area contributed by atoms with Gasteiger partial charge in [-0.25, -0.2) is 9.78 Å². The van der Waals surface area contributed by atoms with Crippen LogP contribution in [0.5, 0.6) is 5.75 Å². The number of H-pyrrole nitrogens is 1. The molecule has 170 valence electrons. The molecule has 0 radical (unpaired) electrons. The zero-order valence-corrected chi connectivity index (χ0v) is 20.9. The van der Waals surface area contributed by atoms with E-state index in [0.717, 1.165) is 22.6 Å². The minimum absolute atomic E-state index is 0. The van der Waals surface area contributed by atoms with Crippen LogP contribution in [0.15, 0.2) is 59.7 Å². The van der Waals surface area contributed by atoms with Gasteiger partial charge in [-0.05, 0) is 23.3 Å². The molecule has 3 rings (SSSR count).